The molecule has 1 aliphatic heterocycles. The number of rotatable bonds is 5. The topological polar surface area (TPSA) is 95.1 Å². The zero-order chi connectivity index (χ0) is 23.2. The van der Waals surface area contributed by atoms with Crippen molar-refractivity contribution in [2.45, 2.75) is 50.4 Å². The first-order valence-corrected chi connectivity index (χ1v) is 10.3. The molecule has 5 atom stereocenters. The van der Waals surface area contributed by atoms with Crippen LogP contribution in [0.3, 0.4) is 0 Å². The third-order valence-corrected chi connectivity index (χ3v) is 6.00. The van der Waals surface area contributed by atoms with Gasteiger partial charge in [-0.25, -0.2) is 13.2 Å². The van der Waals surface area contributed by atoms with E-state index in [-0.39, 0.29) is 23.0 Å². The number of ether oxygens (including phenoxy) is 1. The molecule has 0 saturated carbocycles. The number of halogens is 3. The van der Waals surface area contributed by atoms with Crippen molar-refractivity contribution in [3.63, 3.8) is 0 Å². The average Bonchev–Trinajstić information content (AvgIpc) is 3.15. The summed E-state index contributed by atoms with van der Waals surface area (Å²) in [6.45, 7) is 1.18. The number of aliphatic hydroxyl groups is 4. The van der Waals surface area contributed by atoms with Crippen molar-refractivity contribution >= 4 is 10.9 Å². The summed E-state index contributed by atoms with van der Waals surface area (Å²) in [6.07, 6.45) is -5.57. The van der Waals surface area contributed by atoms with Crippen molar-refractivity contribution in [3.05, 3.63) is 70.7 Å². The largest absolute Gasteiger partial charge is 0.394 e. The molecule has 2 heterocycles. The van der Waals surface area contributed by atoms with Crippen LogP contribution in [0.4, 0.5) is 13.2 Å². The van der Waals surface area contributed by atoms with Crippen LogP contribution in [0, 0.1) is 17.5 Å². The Bertz CT molecular complexity index is 1130. The normalized spacial score (nSPS) is 26.1. The summed E-state index contributed by atoms with van der Waals surface area (Å²) in [5.74, 6) is -1.91. The van der Waals surface area contributed by atoms with E-state index in [1.807, 2.05) is 6.92 Å². The van der Waals surface area contributed by atoms with Crippen LogP contribution in [0.15, 0.2) is 36.5 Å². The number of benzene rings is 2. The molecule has 3 aromatic rings. The molecule has 1 aliphatic rings. The van der Waals surface area contributed by atoms with E-state index in [9.17, 15) is 33.6 Å². The second-order valence-corrected chi connectivity index (χ2v) is 7.99. The first kappa shape index (κ1) is 22.8. The second-order valence-electron chi connectivity index (χ2n) is 7.99. The average molecular weight is 451 g/mol. The summed E-state index contributed by atoms with van der Waals surface area (Å²) in [7, 11) is 0. The van der Waals surface area contributed by atoms with E-state index in [1.165, 1.54) is 16.8 Å². The van der Waals surface area contributed by atoms with Gasteiger partial charge in [0.1, 0.15) is 48.0 Å². The van der Waals surface area contributed by atoms with Crippen LogP contribution in [0.25, 0.3) is 10.9 Å². The minimum atomic E-state index is -1.67. The maximum Gasteiger partial charge on any atom is 0.147 e. The summed E-state index contributed by atoms with van der Waals surface area (Å²) in [4.78, 5) is 0. The molecule has 0 amide bonds. The highest BCUT2D eigenvalue weighted by Gasteiger charge is 2.45. The number of nitrogens with zero attached hydrogens (tertiary/aromatic N) is 1. The molecule has 0 radical (unpaired) electrons. The van der Waals surface area contributed by atoms with Gasteiger partial charge in [-0.3, -0.25) is 0 Å². The van der Waals surface area contributed by atoms with Gasteiger partial charge >= 0.3 is 0 Å². The first-order valence-electron chi connectivity index (χ1n) is 10.3. The Morgan fingerprint density at radius 1 is 0.938 bits per heavy atom. The number of fused-ring (bicyclic) bond motifs is 1. The van der Waals surface area contributed by atoms with Gasteiger partial charge in [-0.15, -0.1) is 0 Å². The highest BCUT2D eigenvalue weighted by molar-refractivity contribution is 5.86. The van der Waals surface area contributed by atoms with Crippen LogP contribution in [-0.2, 0) is 17.7 Å². The maximum atomic E-state index is 14.8. The predicted molar refractivity (Wildman–Crippen MR) is 109 cm³/mol. The van der Waals surface area contributed by atoms with Crippen molar-refractivity contribution in [1.82, 2.24) is 4.57 Å². The van der Waals surface area contributed by atoms with Gasteiger partial charge in [0.25, 0.3) is 0 Å². The highest BCUT2D eigenvalue weighted by Crippen LogP contribution is 2.39. The molecule has 6 nitrogen and oxygen atoms in total. The van der Waals surface area contributed by atoms with Gasteiger partial charge in [-0.2, -0.15) is 0 Å². The highest BCUT2D eigenvalue weighted by atomic mass is 19.1. The molecule has 9 heteroatoms. The molecule has 1 saturated heterocycles. The van der Waals surface area contributed by atoms with Crippen LogP contribution in [0.5, 0.6) is 0 Å². The van der Waals surface area contributed by atoms with E-state index in [2.05, 4.69) is 0 Å². The number of aryl methyl sites for hydroxylation is 1. The van der Waals surface area contributed by atoms with E-state index in [4.69, 9.17) is 4.74 Å². The van der Waals surface area contributed by atoms with E-state index in [1.54, 1.807) is 12.1 Å². The predicted octanol–water partition coefficient (Wildman–Crippen LogP) is 2.18. The van der Waals surface area contributed by atoms with Crippen LogP contribution >= 0.6 is 0 Å². The van der Waals surface area contributed by atoms with E-state index in [0.29, 0.717) is 17.5 Å². The smallest absolute Gasteiger partial charge is 0.147 e. The van der Waals surface area contributed by atoms with E-state index < -0.39 is 54.6 Å². The molecule has 0 unspecified atom stereocenters. The summed E-state index contributed by atoms with van der Waals surface area (Å²) in [6, 6.07) is 6.55. The number of hydrogen-bond donors (Lipinski definition) is 4. The lowest BCUT2D eigenvalue weighted by molar-refractivity contribution is -0.231. The molecule has 4 N–H and O–H groups in total. The van der Waals surface area contributed by atoms with Gasteiger partial charge in [0, 0.05) is 23.7 Å². The molecule has 1 fully saturated rings. The molecule has 32 heavy (non-hydrogen) atoms. The second kappa shape index (κ2) is 8.84. The standard InChI is InChI=1S/C23H24F3NO5/c1-2-12-4-3-11(7-16(12)26)8-27-9-13(18-14(24)5-6-15(25)19(18)27)23-22(31)21(30)20(29)17(10-28)32-23/h3-7,9,17,20-23,28-31H,2,8,10H2,1H3/t17-,20-,21+,22-,23+/m1/s1. The van der Waals surface area contributed by atoms with Crippen molar-refractivity contribution in [2.24, 2.45) is 0 Å². The molecule has 4 rings (SSSR count). The summed E-state index contributed by atoms with van der Waals surface area (Å²) < 4.78 is 50.8. The van der Waals surface area contributed by atoms with Crippen LogP contribution in [-0.4, -0.2) is 56.0 Å². The number of aliphatic hydroxyl groups excluding tert-OH is 4. The van der Waals surface area contributed by atoms with Crippen LogP contribution < -0.4 is 0 Å². The Balaban J connectivity index is 1.83. The van der Waals surface area contributed by atoms with Crippen LogP contribution in [0.1, 0.15) is 29.7 Å². The molecule has 0 spiro atoms. The third kappa shape index (κ3) is 3.80. The Labute approximate surface area is 182 Å². The van der Waals surface area contributed by atoms with Crippen molar-refractivity contribution < 1.29 is 38.3 Å². The first-order chi connectivity index (χ1) is 15.3. The molecule has 2 aromatic carbocycles. The summed E-state index contributed by atoms with van der Waals surface area (Å²) >= 11 is 0. The Hall–Kier alpha value is -2.43. The molecular formula is C23H24F3NO5. The Morgan fingerprint density at radius 2 is 1.66 bits per heavy atom. The van der Waals surface area contributed by atoms with Gasteiger partial charge in [-0.1, -0.05) is 19.1 Å². The van der Waals surface area contributed by atoms with Gasteiger partial charge in [0.05, 0.1) is 12.1 Å². The van der Waals surface area contributed by atoms with Gasteiger partial charge < -0.3 is 29.7 Å². The molecule has 0 aliphatic carbocycles. The fraction of sp³-hybridized carbons (Fsp3) is 0.391. The lowest BCUT2D eigenvalue weighted by atomic mass is 9.91. The number of aromatic nitrogens is 1. The SMILES string of the molecule is CCc1ccc(Cn2cc([C@@H]3O[C@H](CO)[C@@H](O)[C@H](O)[C@H]3O)c3c(F)ccc(F)c32)cc1F. The fourth-order valence-corrected chi connectivity index (χ4v) is 4.27. The van der Waals surface area contributed by atoms with Gasteiger partial charge in [0.2, 0.25) is 0 Å². The quantitative estimate of drug-likeness (QED) is 0.477. The Morgan fingerprint density at radius 3 is 2.31 bits per heavy atom. The lowest BCUT2D eigenvalue weighted by Crippen LogP contribution is -2.55. The van der Waals surface area contributed by atoms with E-state index in [0.717, 1.165) is 12.1 Å². The third-order valence-electron chi connectivity index (χ3n) is 6.00. The van der Waals surface area contributed by atoms with E-state index >= 15 is 0 Å². The Kier molecular flexibility index (Phi) is 6.28. The maximum absolute atomic E-state index is 14.8. The lowest BCUT2D eigenvalue weighted by Gasteiger charge is -2.40. The zero-order valence-corrected chi connectivity index (χ0v) is 17.3. The fourth-order valence-electron chi connectivity index (χ4n) is 4.27. The summed E-state index contributed by atoms with van der Waals surface area (Å²) in [5.41, 5.74) is 0.974. The summed E-state index contributed by atoms with van der Waals surface area (Å²) in [5, 5.41) is 40.0. The monoisotopic (exact) mass is 451 g/mol. The van der Waals surface area contributed by atoms with Crippen molar-refractivity contribution in [3.8, 4) is 0 Å². The minimum absolute atomic E-state index is 0.00914. The molecule has 172 valence electrons. The van der Waals surface area contributed by atoms with Crippen molar-refractivity contribution in [2.75, 3.05) is 6.61 Å². The van der Waals surface area contributed by atoms with Crippen molar-refractivity contribution in [1.29, 1.82) is 0 Å². The molecule has 0 bridgehead atoms. The molecular weight excluding hydrogens is 427 g/mol. The zero-order valence-electron chi connectivity index (χ0n) is 17.3. The molecule has 1 aromatic heterocycles. The number of hydrogen-bond acceptors (Lipinski definition) is 5. The minimum Gasteiger partial charge on any atom is -0.394 e. The van der Waals surface area contributed by atoms with Gasteiger partial charge in [0.15, 0.2) is 0 Å². The van der Waals surface area contributed by atoms with Gasteiger partial charge in [-0.05, 0) is 35.7 Å². The van der Waals surface area contributed by atoms with Crippen LogP contribution in [0.2, 0.25) is 0 Å².